The summed E-state index contributed by atoms with van der Waals surface area (Å²) in [7, 11) is -3.35. The van der Waals surface area contributed by atoms with Crippen molar-refractivity contribution < 1.29 is 13.2 Å². The fourth-order valence-electron chi connectivity index (χ4n) is 3.39. The Labute approximate surface area is 142 Å². The average Bonchev–Trinajstić information content (AvgIpc) is 3.00. The zero-order valence-corrected chi connectivity index (χ0v) is 14.6. The van der Waals surface area contributed by atoms with Gasteiger partial charge in [-0.3, -0.25) is 4.79 Å². The fourth-order valence-corrected chi connectivity index (χ4v) is 3.78. The number of carbonyl (C=O) groups excluding carboxylic acids is 1. The quantitative estimate of drug-likeness (QED) is 0.899. The van der Waals surface area contributed by atoms with Gasteiger partial charge in [0.25, 0.3) is 0 Å². The molecular formula is C18H22N2O3S. The topological polar surface area (TPSA) is 66.5 Å². The summed E-state index contributed by atoms with van der Waals surface area (Å²) in [5.41, 5.74) is 1.23. The zero-order chi connectivity index (χ0) is 17.2. The Kier molecular flexibility index (Phi) is 4.87. The van der Waals surface area contributed by atoms with Gasteiger partial charge in [-0.1, -0.05) is 42.5 Å². The first-order valence-electron chi connectivity index (χ1n) is 8.15. The van der Waals surface area contributed by atoms with Crippen LogP contribution in [0.1, 0.15) is 18.4 Å². The van der Waals surface area contributed by atoms with Gasteiger partial charge in [0.05, 0.1) is 12.8 Å². The lowest BCUT2D eigenvalue weighted by Crippen LogP contribution is -2.43. The molecule has 0 radical (unpaired) electrons. The van der Waals surface area contributed by atoms with Crippen LogP contribution in [-0.4, -0.2) is 44.6 Å². The molecule has 2 aromatic rings. The maximum Gasteiger partial charge on any atom is 0.237 e. The van der Waals surface area contributed by atoms with E-state index in [-0.39, 0.29) is 18.5 Å². The smallest absolute Gasteiger partial charge is 0.237 e. The Bertz CT molecular complexity index is 843. The van der Waals surface area contributed by atoms with E-state index in [1.807, 2.05) is 23.1 Å². The third-order valence-corrected chi connectivity index (χ3v) is 5.19. The molecule has 0 saturated carbocycles. The van der Waals surface area contributed by atoms with Crippen molar-refractivity contribution in [1.29, 1.82) is 0 Å². The Hall–Kier alpha value is -1.92. The van der Waals surface area contributed by atoms with Crippen LogP contribution in [0.5, 0.6) is 0 Å². The van der Waals surface area contributed by atoms with Gasteiger partial charge < -0.3 is 4.90 Å². The molecule has 0 aliphatic carbocycles. The van der Waals surface area contributed by atoms with Gasteiger partial charge in [-0.05, 0) is 35.6 Å². The number of fused-ring (bicyclic) bond motifs is 1. The molecule has 0 bridgehead atoms. The van der Waals surface area contributed by atoms with Crippen LogP contribution < -0.4 is 4.72 Å². The number of amides is 1. The van der Waals surface area contributed by atoms with Crippen molar-refractivity contribution >= 4 is 26.7 Å². The lowest BCUT2D eigenvalue weighted by molar-refractivity contribution is -0.130. The summed E-state index contributed by atoms with van der Waals surface area (Å²) in [4.78, 5) is 14.2. The second kappa shape index (κ2) is 6.91. The number of nitrogens with one attached hydrogen (secondary N) is 1. The molecule has 1 saturated heterocycles. The van der Waals surface area contributed by atoms with Gasteiger partial charge >= 0.3 is 0 Å². The lowest BCUT2D eigenvalue weighted by Gasteiger charge is -2.25. The number of hydrogen-bond acceptors (Lipinski definition) is 3. The minimum Gasteiger partial charge on any atom is -0.338 e. The highest BCUT2D eigenvalue weighted by atomic mass is 32.2. The van der Waals surface area contributed by atoms with E-state index in [0.29, 0.717) is 6.54 Å². The second-order valence-corrected chi connectivity index (χ2v) is 8.15. The standard InChI is InChI=1S/C18H22N2O3S/c1-24(22,23)19-13-18(21)20-11-5-9-16(20)12-15-8-4-7-14-6-2-3-10-17(14)15/h2-4,6-8,10,16,19H,5,9,11-13H2,1H3. The number of hydrogen-bond donors (Lipinski definition) is 1. The van der Waals surface area contributed by atoms with Crippen LogP contribution in [0.3, 0.4) is 0 Å². The number of carbonyl (C=O) groups is 1. The van der Waals surface area contributed by atoms with E-state index >= 15 is 0 Å². The summed E-state index contributed by atoms with van der Waals surface area (Å²) in [6.45, 7) is 0.532. The number of benzene rings is 2. The van der Waals surface area contributed by atoms with Gasteiger partial charge in [0.1, 0.15) is 0 Å². The molecule has 1 amide bonds. The van der Waals surface area contributed by atoms with E-state index < -0.39 is 10.0 Å². The van der Waals surface area contributed by atoms with Crippen LogP contribution in [0.15, 0.2) is 42.5 Å². The Balaban J connectivity index is 1.75. The van der Waals surface area contributed by atoms with E-state index in [1.165, 1.54) is 16.3 Å². The van der Waals surface area contributed by atoms with Crippen LogP contribution in [0.4, 0.5) is 0 Å². The second-order valence-electron chi connectivity index (χ2n) is 6.32. The molecule has 2 aromatic carbocycles. The van der Waals surface area contributed by atoms with Crippen molar-refractivity contribution in [2.45, 2.75) is 25.3 Å². The summed E-state index contributed by atoms with van der Waals surface area (Å²) >= 11 is 0. The van der Waals surface area contributed by atoms with Gasteiger partial charge in [-0.2, -0.15) is 0 Å². The molecule has 0 aromatic heterocycles. The number of rotatable bonds is 5. The molecule has 1 heterocycles. The predicted octanol–water partition coefficient (Wildman–Crippen LogP) is 1.92. The van der Waals surface area contributed by atoms with Gasteiger partial charge in [0.15, 0.2) is 0 Å². The minimum atomic E-state index is -3.35. The number of sulfonamides is 1. The third kappa shape index (κ3) is 3.94. The highest BCUT2D eigenvalue weighted by molar-refractivity contribution is 7.88. The van der Waals surface area contributed by atoms with Crippen molar-refractivity contribution in [2.75, 3.05) is 19.3 Å². The van der Waals surface area contributed by atoms with Crippen molar-refractivity contribution in [1.82, 2.24) is 9.62 Å². The SMILES string of the molecule is CS(=O)(=O)NCC(=O)N1CCCC1Cc1cccc2ccccc12. The molecule has 1 unspecified atom stereocenters. The molecule has 128 valence electrons. The van der Waals surface area contributed by atoms with Crippen molar-refractivity contribution in [3.8, 4) is 0 Å². The zero-order valence-electron chi connectivity index (χ0n) is 13.7. The average molecular weight is 346 g/mol. The van der Waals surface area contributed by atoms with Crippen LogP contribution in [-0.2, 0) is 21.2 Å². The highest BCUT2D eigenvalue weighted by Crippen LogP contribution is 2.25. The minimum absolute atomic E-state index is 0.129. The molecule has 0 spiro atoms. The van der Waals surface area contributed by atoms with Gasteiger partial charge in [0, 0.05) is 12.6 Å². The van der Waals surface area contributed by atoms with Crippen molar-refractivity contribution in [2.24, 2.45) is 0 Å². The highest BCUT2D eigenvalue weighted by Gasteiger charge is 2.29. The monoisotopic (exact) mass is 346 g/mol. The molecule has 1 aliphatic heterocycles. The fraction of sp³-hybridized carbons (Fsp3) is 0.389. The predicted molar refractivity (Wildman–Crippen MR) is 95.2 cm³/mol. The molecule has 1 N–H and O–H groups in total. The summed E-state index contributed by atoms with van der Waals surface area (Å²) in [6.07, 6.45) is 3.78. The number of likely N-dealkylation sites (tertiary alicyclic amines) is 1. The lowest BCUT2D eigenvalue weighted by atomic mass is 9.97. The molecule has 5 nitrogen and oxygen atoms in total. The van der Waals surface area contributed by atoms with Crippen LogP contribution >= 0.6 is 0 Å². The van der Waals surface area contributed by atoms with Crippen molar-refractivity contribution in [3.63, 3.8) is 0 Å². The first kappa shape index (κ1) is 16.9. The summed E-state index contributed by atoms with van der Waals surface area (Å²) < 4.78 is 24.7. The summed E-state index contributed by atoms with van der Waals surface area (Å²) in [5, 5.41) is 2.41. The maximum atomic E-state index is 12.4. The summed E-state index contributed by atoms with van der Waals surface area (Å²) in [5.74, 6) is -0.150. The van der Waals surface area contributed by atoms with E-state index in [1.54, 1.807) is 0 Å². The molecule has 24 heavy (non-hydrogen) atoms. The Morgan fingerprint density at radius 2 is 1.96 bits per heavy atom. The molecule has 1 fully saturated rings. The summed E-state index contributed by atoms with van der Waals surface area (Å²) in [6, 6.07) is 14.6. The molecule has 3 rings (SSSR count). The first-order valence-corrected chi connectivity index (χ1v) is 10.0. The molecular weight excluding hydrogens is 324 g/mol. The molecule has 1 aliphatic rings. The van der Waals surface area contributed by atoms with Crippen LogP contribution in [0.25, 0.3) is 10.8 Å². The van der Waals surface area contributed by atoms with E-state index in [0.717, 1.165) is 25.5 Å². The van der Waals surface area contributed by atoms with Gasteiger partial charge in [-0.15, -0.1) is 0 Å². The van der Waals surface area contributed by atoms with Gasteiger partial charge in [-0.25, -0.2) is 13.1 Å². The van der Waals surface area contributed by atoms with E-state index in [4.69, 9.17) is 0 Å². The maximum absolute atomic E-state index is 12.4. The third-order valence-electron chi connectivity index (χ3n) is 4.52. The Morgan fingerprint density at radius 3 is 2.75 bits per heavy atom. The van der Waals surface area contributed by atoms with Gasteiger partial charge in [0.2, 0.25) is 15.9 Å². The largest absolute Gasteiger partial charge is 0.338 e. The van der Waals surface area contributed by atoms with Crippen LogP contribution in [0.2, 0.25) is 0 Å². The van der Waals surface area contributed by atoms with E-state index in [9.17, 15) is 13.2 Å². The Morgan fingerprint density at radius 1 is 1.21 bits per heavy atom. The number of nitrogens with zero attached hydrogens (tertiary/aromatic N) is 1. The molecule has 6 heteroatoms. The molecule has 1 atom stereocenters. The van der Waals surface area contributed by atoms with Crippen molar-refractivity contribution in [3.05, 3.63) is 48.0 Å². The first-order chi connectivity index (χ1) is 11.4. The van der Waals surface area contributed by atoms with Crippen LogP contribution in [0, 0.1) is 0 Å². The normalized spacial score (nSPS) is 18.2. The van der Waals surface area contributed by atoms with E-state index in [2.05, 4.69) is 29.0 Å².